The number of nitrogens with zero attached hydrogens (tertiary/aromatic N) is 3. The van der Waals surface area contributed by atoms with E-state index in [1.54, 1.807) is 30.5 Å². The number of fused-ring (bicyclic) bond motifs is 1. The summed E-state index contributed by atoms with van der Waals surface area (Å²) in [5.41, 5.74) is 0.913. The molecule has 0 fully saturated rings. The Morgan fingerprint density at radius 1 is 1.05 bits per heavy atom. The van der Waals surface area contributed by atoms with Crippen LogP contribution in [0.15, 0.2) is 59.8 Å². The van der Waals surface area contributed by atoms with Gasteiger partial charge in [0, 0.05) is 17.8 Å². The highest BCUT2D eigenvalue weighted by atomic mass is 32.2. The normalized spacial score (nSPS) is 11.0. The number of nitrogens with one attached hydrogen (secondary N) is 1. The zero-order valence-corrected chi connectivity index (χ0v) is 12.1. The van der Waals surface area contributed by atoms with Gasteiger partial charge < -0.3 is 0 Å². The van der Waals surface area contributed by atoms with Crippen molar-refractivity contribution < 1.29 is 8.42 Å². The molecule has 3 aromatic rings. The Hall–Kier alpha value is -2.98. The third-order valence-electron chi connectivity index (χ3n) is 3.02. The standard InChI is InChI=1S/C15H10N4O2S/c16-10-11-6-8-18-15(9-11)19-22(20,21)14-5-1-4-13-12(14)3-2-7-17-13/h1-9H,(H,18,19). The molecule has 108 valence electrons. The van der Waals surface area contributed by atoms with Gasteiger partial charge in [0.05, 0.1) is 22.0 Å². The van der Waals surface area contributed by atoms with Crippen molar-refractivity contribution in [2.24, 2.45) is 0 Å². The van der Waals surface area contributed by atoms with Crippen LogP contribution >= 0.6 is 0 Å². The minimum absolute atomic E-state index is 0.0972. The summed E-state index contributed by atoms with van der Waals surface area (Å²) in [7, 11) is -3.83. The zero-order valence-electron chi connectivity index (χ0n) is 11.3. The fraction of sp³-hybridized carbons (Fsp3) is 0. The SMILES string of the molecule is N#Cc1ccnc(NS(=O)(=O)c2cccc3ncccc23)c1. The number of hydrogen-bond donors (Lipinski definition) is 1. The lowest BCUT2D eigenvalue weighted by Gasteiger charge is -2.09. The first kappa shape index (κ1) is 14.0. The molecule has 0 spiro atoms. The van der Waals surface area contributed by atoms with E-state index in [0.717, 1.165) is 0 Å². The average Bonchev–Trinajstić information content (AvgIpc) is 2.54. The summed E-state index contributed by atoms with van der Waals surface area (Å²) in [5.74, 6) is 0.0972. The van der Waals surface area contributed by atoms with Crippen LogP contribution in [-0.4, -0.2) is 18.4 Å². The Bertz CT molecular complexity index is 988. The highest BCUT2D eigenvalue weighted by Gasteiger charge is 2.18. The molecule has 22 heavy (non-hydrogen) atoms. The van der Waals surface area contributed by atoms with Gasteiger partial charge in [-0.25, -0.2) is 13.4 Å². The average molecular weight is 310 g/mol. The first-order valence-corrected chi connectivity index (χ1v) is 7.81. The van der Waals surface area contributed by atoms with Crippen LogP contribution < -0.4 is 4.72 Å². The maximum Gasteiger partial charge on any atom is 0.263 e. The summed E-state index contributed by atoms with van der Waals surface area (Å²) in [6.45, 7) is 0. The molecule has 0 amide bonds. The molecule has 0 aliphatic carbocycles. The van der Waals surface area contributed by atoms with Crippen molar-refractivity contribution in [2.45, 2.75) is 4.90 Å². The van der Waals surface area contributed by atoms with E-state index in [0.29, 0.717) is 16.5 Å². The largest absolute Gasteiger partial charge is 0.263 e. The Kier molecular flexibility index (Phi) is 3.45. The fourth-order valence-corrected chi connectivity index (χ4v) is 3.27. The molecule has 0 bridgehead atoms. The van der Waals surface area contributed by atoms with Crippen LogP contribution in [0.25, 0.3) is 10.9 Å². The predicted octanol–water partition coefficient (Wildman–Crippen LogP) is 2.30. The van der Waals surface area contributed by atoms with E-state index in [-0.39, 0.29) is 10.7 Å². The Balaban J connectivity index is 2.07. The minimum Gasteiger partial charge on any atom is -0.263 e. The van der Waals surface area contributed by atoms with Crippen LogP contribution in [0.1, 0.15) is 5.56 Å². The van der Waals surface area contributed by atoms with Gasteiger partial charge >= 0.3 is 0 Å². The van der Waals surface area contributed by atoms with Crippen molar-refractivity contribution >= 4 is 26.7 Å². The van der Waals surface area contributed by atoms with E-state index in [4.69, 9.17) is 5.26 Å². The van der Waals surface area contributed by atoms with Gasteiger partial charge in [-0.1, -0.05) is 6.07 Å². The molecule has 6 nitrogen and oxygen atoms in total. The molecule has 3 rings (SSSR count). The predicted molar refractivity (Wildman–Crippen MR) is 81.5 cm³/mol. The molecule has 0 saturated heterocycles. The molecule has 2 aromatic heterocycles. The van der Waals surface area contributed by atoms with Gasteiger partial charge in [-0.05, 0) is 36.4 Å². The summed E-state index contributed by atoms with van der Waals surface area (Å²) in [4.78, 5) is 8.17. The van der Waals surface area contributed by atoms with E-state index < -0.39 is 10.0 Å². The van der Waals surface area contributed by atoms with Crippen molar-refractivity contribution in [3.05, 3.63) is 60.4 Å². The molecule has 1 aromatic carbocycles. The van der Waals surface area contributed by atoms with Crippen molar-refractivity contribution in [3.63, 3.8) is 0 Å². The highest BCUT2D eigenvalue weighted by Crippen LogP contribution is 2.23. The first-order chi connectivity index (χ1) is 10.6. The Labute approximate surface area is 127 Å². The van der Waals surface area contributed by atoms with Crippen molar-refractivity contribution in [1.29, 1.82) is 5.26 Å². The monoisotopic (exact) mass is 310 g/mol. The lowest BCUT2D eigenvalue weighted by Crippen LogP contribution is -2.14. The van der Waals surface area contributed by atoms with E-state index in [1.165, 1.54) is 24.4 Å². The molecule has 0 aliphatic rings. The smallest absolute Gasteiger partial charge is 0.263 e. The molecule has 7 heteroatoms. The van der Waals surface area contributed by atoms with Crippen LogP contribution in [0.4, 0.5) is 5.82 Å². The van der Waals surface area contributed by atoms with Crippen LogP contribution in [0, 0.1) is 11.3 Å². The second-order valence-electron chi connectivity index (χ2n) is 4.47. The van der Waals surface area contributed by atoms with Crippen LogP contribution in [0.3, 0.4) is 0 Å². The maximum atomic E-state index is 12.6. The van der Waals surface area contributed by atoms with Crippen molar-refractivity contribution in [2.75, 3.05) is 4.72 Å². The zero-order chi connectivity index (χ0) is 15.6. The van der Waals surface area contributed by atoms with Gasteiger partial charge in [0.2, 0.25) is 0 Å². The first-order valence-electron chi connectivity index (χ1n) is 6.33. The minimum atomic E-state index is -3.83. The molecular weight excluding hydrogens is 300 g/mol. The van der Waals surface area contributed by atoms with Crippen LogP contribution in [0.2, 0.25) is 0 Å². The summed E-state index contributed by atoms with van der Waals surface area (Å²) in [6.07, 6.45) is 2.98. The summed E-state index contributed by atoms with van der Waals surface area (Å²) >= 11 is 0. The molecule has 1 N–H and O–H groups in total. The van der Waals surface area contributed by atoms with Crippen LogP contribution in [-0.2, 0) is 10.0 Å². The fourth-order valence-electron chi connectivity index (χ4n) is 2.06. The molecule has 0 saturated carbocycles. The van der Waals surface area contributed by atoms with E-state index >= 15 is 0 Å². The molecule has 0 atom stereocenters. The summed E-state index contributed by atoms with van der Waals surface area (Å²) in [5, 5.41) is 9.38. The number of sulfonamides is 1. The molecule has 0 aliphatic heterocycles. The Morgan fingerprint density at radius 3 is 2.73 bits per heavy atom. The third-order valence-corrected chi connectivity index (χ3v) is 4.44. The number of nitriles is 1. The van der Waals surface area contributed by atoms with Gasteiger partial charge in [0.1, 0.15) is 5.82 Å². The quantitative estimate of drug-likeness (QED) is 0.800. The number of rotatable bonds is 3. The van der Waals surface area contributed by atoms with Crippen molar-refractivity contribution in [1.82, 2.24) is 9.97 Å². The summed E-state index contributed by atoms with van der Waals surface area (Å²) < 4.78 is 27.5. The number of anilines is 1. The maximum absolute atomic E-state index is 12.6. The van der Waals surface area contributed by atoms with Gasteiger partial charge in [0.25, 0.3) is 10.0 Å². The van der Waals surface area contributed by atoms with Crippen LogP contribution in [0.5, 0.6) is 0 Å². The molecule has 0 radical (unpaired) electrons. The number of aromatic nitrogens is 2. The second kappa shape index (κ2) is 5.42. The molecule has 0 unspecified atom stereocenters. The number of benzene rings is 1. The molecular formula is C15H10N4O2S. The Morgan fingerprint density at radius 2 is 1.91 bits per heavy atom. The van der Waals surface area contributed by atoms with Crippen molar-refractivity contribution in [3.8, 4) is 6.07 Å². The lowest BCUT2D eigenvalue weighted by molar-refractivity contribution is 0.602. The number of pyridine rings is 2. The summed E-state index contributed by atoms with van der Waals surface area (Å²) in [6, 6.07) is 13.0. The lowest BCUT2D eigenvalue weighted by atomic mass is 10.2. The van der Waals surface area contributed by atoms with Gasteiger partial charge in [-0.2, -0.15) is 5.26 Å². The van der Waals surface area contributed by atoms with Gasteiger partial charge in [-0.3, -0.25) is 9.71 Å². The third kappa shape index (κ3) is 2.60. The highest BCUT2D eigenvalue weighted by molar-refractivity contribution is 7.93. The second-order valence-corrected chi connectivity index (χ2v) is 6.12. The van der Waals surface area contributed by atoms with Gasteiger partial charge in [0.15, 0.2) is 0 Å². The van der Waals surface area contributed by atoms with Gasteiger partial charge in [-0.15, -0.1) is 0 Å². The number of hydrogen-bond acceptors (Lipinski definition) is 5. The van der Waals surface area contributed by atoms with E-state index in [1.807, 2.05) is 6.07 Å². The topological polar surface area (TPSA) is 95.7 Å². The molecule has 2 heterocycles. The van der Waals surface area contributed by atoms with E-state index in [2.05, 4.69) is 14.7 Å². The van der Waals surface area contributed by atoms with E-state index in [9.17, 15) is 8.42 Å².